The van der Waals surface area contributed by atoms with Crippen molar-refractivity contribution < 1.29 is 9.59 Å². The summed E-state index contributed by atoms with van der Waals surface area (Å²) in [5, 5.41) is 3.90. The number of piperazine rings is 1. The molecule has 0 aliphatic carbocycles. The smallest absolute Gasteiger partial charge is 0.325 e. The van der Waals surface area contributed by atoms with Crippen LogP contribution in [-0.2, 0) is 17.9 Å². The van der Waals surface area contributed by atoms with Crippen molar-refractivity contribution in [1.29, 1.82) is 0 Å². The summed E-state index contributed by atoms with van der Waals surface area (Å²) < 4.78 is 0. The van der Waals surface area contributed by atoms with Crippen molar-refractivity contribution in [3.63, 3.8) is 0 Å². The van der Waals surface area contributed by atoms with Crippen molar-refractivity contribution in [3.05, 3.63) is 69.7 Å². The van der Waals surface area contributed by atoms with Crippen LogP contribution in [0.25, 0.3) is 0 Å². The van der Waals surface area contributed by atoms with Crippen LogP contribution in [0, 0.1) is 0 Å². The van der Waals surface area contributed by atoms with Crippen LogP contribution in [-0.4, -0.2) is 82.9 Å². The molecule has 3 aliphatic heterocycles. The van der Waals surface area contributed by atoms with E-state index in [4.69, 9.17) is 28.2 Å². The Morgan fingerprint density at radius 3 is 2.38 bits per heavy atom. The van der Waals surface area contributed by atoms with Crippen molar-refractivity contribution >= 4 is 41.1 Å². The van der Waals surface area contributed by atoms with Crippen LogP contribution in [0.1, 0.15) is 11.1 Å². The number of likely N-dealkylation sites (N-methyl/N-ethyl adjacent to an activating group) is 1. The highest BCUT2D eigenvalue weighted by Crippen LogP contribution is 2.28. The van der Waals surface area contributed by atoms with Crippen LogP contribution in [0.4, 0.5) is 4.79 Å². The highest BCUT2D eigenvalue weighted by atomic mass is 35.5. The molecule has 2 unspecified atom stereocenters. The maximum atomic E-state index is 12.9. The van der Waals surface area contributed by atoms with Crippen molar-refractivity contribution in [1.82, 2.24) is 24.9 Å². The third-order valence-corrected chi connectivity index (χ3v) is 7.23. The zero-order chi connectivity index (χ0) is 23.8. The number of rotatable bonds is 4. The number of imide groups is 1. The number of hydrogen-bond donors (Lipinski definition) is 1. The first-order chi connectivity index (χ1) is 16.4. The summed E-state index contributed by atoms with van der Waals surface area (Å²) in [6.45, 7) is 4.49. The lowest BCUT2D eigenvalue weighted by Crippen LogP contribution is -2.64. The summed E-state index contributed by atoms with van der Waals surface area (Å²) in [6.07, 6.45) is -0.551. The summed E-state index contributed by atoms with van der Waals surface area (Å²) >= 11 is 12.4. The largest absolute Gasteiger partial charge is 0.340 e. The van der Waals surface area contributed by atoms with Crippen molar-refractivity contribution in [2.24, 2.45) is 4.99 Å². The number of benzene rings is 2. The second kappa shape index (κ2) is 9.44. The quantitative estimate of drug-likeness (QED) is 0.698. The van der Waals surface area contributed by atoms with Gasteiger partial charge in [0.1, 0.15) is 0 Å². The van der Waals surface area contributed by atoms with Crippen LogP contribution in [0.2, 0.25) is 10.0 Å². The maximum absolute atomic E-state index is 12.9. The SMILES string of the molecule is CN1C(=O)NC(=O)C2C1N=C(N1CCN(Cc3ccccc3Cl)CC1)N2Cc1ccc(Cl)cc1. The lowest BCUT2D eigenvalue weighted by Gasteiger charge is -2.40. The molecule has 5 rings (SSSR count). The minimum atomic E-state index is -0.575. The summed E-state index contributed by atoms with van der Waals surface area (Å²) in [5.41, 5.74) is 2.13. The minimum Gasteiger partial charge on any atom is -0.340 e. The van der Waals surface area contributed by atoms with Gasteiger partial charge in [0.25, 0.3) is 5.91 Å². The van der Waals surface area contributed by atoms with E-state index in [0.717, 1.165) is 54.8 Å². The van der Waals surface area contributed by atoms with Gasteiger partial charge in [0.2, 0.25) is 0 Å². The predicted molar refractivity (Wildman–Crippen MR) is 132 cm³/mol. The second-order valence-electron chi connectivity index (χ2n) is 8.80. The third kappa shape index (κ3) is 4.45. The number of carbonyl (C=O) groups excluding carboxylic acids is 2. The predicted octanol–water partition coefficient (Wildman–Crippen LogP) is 2.86. The van der Waals surface area contributed by atoms with Crippen molar-refractivity contribution in [3.8, 4) is 0 Å². The van der Waals surface area contributed by atoms with E-state index in [-0.39, 0.29) is 5.91 Å². The van der Waals surface area contributed by atoms with Crippen LogP contribution >= 0.6 is 23.2 Å². The maximum Gasteiger partial charge on any atom is 0.325 e. The van der Waals surface area contributed by atoms with E-state index in [2.05, 4.69) is 21.2 Å². The highest BCUT2D eigenvalue weighted by molar-refractivity contribution is 6.31. The molecule has 34 heavy (non-hydrogen) atoms. The molecule has 8 nitrogen and oxygen atoms in total. The van der Waals surface area contributed by atoms with E-state index in [1.807, 2.05) is 47.4 Å². The van der Waals surface area contributed by atoms with Gasteiger partial charge in [-0.3, -0.25) is 15.0 Å². The van der Waals surface area contributed by atoms with E-state index >= 15 is 0 Å². The van der Waals surface area contributed by atoms with Gasteiger partial charge in [-0.15, -0.1) is 0 Å². The van der Waals surface area contributed by atoms with Gasteiger partial charge in [0.05, 0.1) is 0 Å². The fourth-order valence-electron chi connectivity index (χ4n) is 4.70. The molecule has 3 amide bonds. The van der Waals surface area contributed by atoms with Gasteiger partial charge in [-0.1, -0.05) is 53.5 Å². The minimum absolute atomic E-state index is 0.321. The first kappa shape index (κ1) is 23.0. The first-order valence-corrected chi connectivity index (χ1v) is 12.0. The number of fused-ring (bicyclic) bond motifs is 1. The topological polar surface area (TPSA) is 71.5 Å². The molecule has 2 aromatic carbocycles. The van der Waals surface area contributed by atoms with E-state index in [1.54, 1.807) is 7.05 Å². The van der Waals surface area contributed by atoms with Gasteiger partial charge in [-0.25, -0.2) is 9.79 Å². The van der Waals surface area contributed by atoms with Gasteiger partial charge in [0.15, 0.2) is 18.2 Å². The Labute approximate surface area is 208 Å². The number of urea groups is 1. The fraction of sp³-hybridized carbons (Fsp3) is 0.375. The normalized spacial score (nSPS) is 23.1. The molecule has 0 saturated carbocycles. The highest BCUT2D eigenvalue weighted by Gasteiger charge is 2.49. The van der Waals surface area contributed by atoms with Crippen LogP contribution in [0.15, 0.2) is 53.5 Å². The zero-order valence-corrected chi connectivity index (χ0v) is 20.3. The number of nitrogens with one attached hydrogen (secondary N) is 1. The summed E-state index contributed by atoms with van der Waals surface area (Å²) in [7, 11) is 1.67. The molecule has 2 atom stereocenters. The van der Waals surface area contributed by atoms with Gasteiger partial charge >= 0.3 is 6.03 Å². The molecule has 3 heterocycles. The monoisotopic (exact) mass is 500 g/mol. The second-order valence-corrected chi connectivity index (χ2v) is 9.65. The molecule has 2 aromatic rings. The van der Waals surface area contributed by atoms with Crippen molar-refractivity contribution in [2.75, 3.05) is 33.2 Å². The Morgan fingerprint density at radius 1 is 0.971 bits per heavy atom. The number of halogens is 2. The Hall–Kier alpha value is -2.81. The van der Waals surface area contributed by atoms with Gasteiger partial charge < -0.3 is 14.7 Å². The molecule has 1 N–H and O–H groups in total. The van der Waals surface area contributed by atoms with Crippen LogP contribution in [0.3, 0.4) is 0 Å². The number of aliphatic imine (C=N–C) groups is 1. The first-order valence-electron chi connectivity index (χ1n) is 11.3. The summed E-state index contributed by atoms with van der Waals surface area (Å²) in [5.74, 6) is 0.428. The van der Waals surface area contributed by atoms with Gasteiger partial charge in [0, 0.05) is 56.4 Å². The average molecular weight is 501 g/mol. The lowest BCUT2D eigenvalue weighted by atomic mass is 10.1. The molecule has 0 aromatic heterocycles. The number of nitrogens with zero attached hydrogens (tertiary/aromatic N) is 5. The molecule has 0 bridgehead atoms. The Bertz CT molecular complexity index is 1120. The Kier molecular flexibility index (Phi) is 6.38. The Morgan fingerprint density at radius 2 is 1.68 bits per heavy atom. The van der Waals surface area contributed by atoms with Gasteiger partial charge in [-0.05, 0) is 29.3 Å². The molecule has 3 aliphatic rings. The zero-order valence-electron chi connectivity index (χ0n) is 18.8. The van der Waals surface area contributed by atoms with E-state index in [1.165, 1.54) is 4.90 Å². The summed E-state index contributed by atoms with van der Waals surface area (Å²) in [6, 6.07) is 14.5. The third-order valence-electron chi connectivity index (χ3n) is 6.61. The van der Waals surface area contributed by atoms with Crippen LogP contribution in [0.5, 0.6) is 0 Å². The fourth-order valence-corrected chi connectivity index (χ4v) is 5.03. The molecule has 2 saturated heterocycles. The molecule has 0 radical (unpaired) electrons. The molecular weight excluding hydrogens is 475 g/mol. The molecule has 0 spiro atoms. The van der Waals surface area contributed by atoms with Gasteiger partial charge in [-0.2, -0.15) is 0 Å². The number of carbonyl (C=O) groups is 2. The number of hydrogen-bond acceptors (Lipinski definition) is 6. The number of guanidine groups is 1. The van der Waals surface area contributed by atoms with E-state index in [9.17, 15) is 9.59 Å². The lowest BCUT2D eigenvalue weighted by molar-refractivity contribution is -0.127. The van der Waals surface area contributed by atoms with E-state index in [0.29, 0.717) is 11.6 Å². The molecule has 2 fully saturated rings. The molecule has 178 valence electrons. The summed E-state index contributed by atoms with van der Waals surface area (Å²) in [4.78, 5) is 38.1. The number of amides is 3. The molecule has 10 heteroatoms. The average Bonchev–Trinajstić information content (AvgIpc) is 3.21. The molecular formula is C24H26Cl2N6O2. The Balaban J connectivity index is 1.35. The van der Waals surface area contributed by atoms with Crippen molar-refractivity contribution in [2.45, 2.75) is 25.3 Å². The standard InChI is InChI=1S/C24H26Cl2N6O2/c1-29-21-20(22(33)28-24(29)34)32(14-16-6-8-18(25)9-7-16)23(27-21)31-12-10-30(11-13-31)15-17-4-2-3-5-19(17)26/h2-9,20-21H,10-15H2,1H3,(H,28,33,34). The van der Waals surface area contributed by atoms with E-state index < -0.39 is 18.2 Å². The van der Waals surface area contributed by atoms with Crippen LogP contribution < -0.4 is 5.32 Å².